The molecule has 3 aliphatic heterocycles. The fraction of sp³-hybridized carbons (Fsp3) is 0.451. The Morgan fingerprint density at radius 1 is 0.881 bits per heavy atom. The summed E-state index contributed by atoms with van der Waals surface area (Å²) in [7, 11) is 3.09. The van der Waals surface area contributed by atoms with Crippen LogP contribution in [-0.2, 0) is 47.0 Å². The Kier molecular flexibility index (Phi) is 20.2. The summed E-state index contributed by atoms with van der Waals surface area (Å²) in [6.07, 6.45) is 9.73. The number of likely N-dealkylation sites (tertiary alicyclic amines) is 2. The van der Waals surface area contributed by atoms with Gasteiger partial charge in [0.25, 0.3) is 5.91 Å². The third-order valence-electron chi connectivity index (χ3n) is 13.4. The topological polar surface area (TPSA) is 177 Å². The molecule has 357 valence electrons. The third kappa shape index (κ3) is 13.0. The number of methoxy groups -OCH3 is 2. The Bertz CT molecular complexity index is 2310. The van der Waals surface area contributed by atoms with E-state index in [1.54, 1.807) is 43.5 Å². The van der Waals surface area contributed by atoms with Crippen LogP contribution < -0.4 is 25.4 Å². The fourth-order valence-electron chi connectivity index (χ4n) is 9.71. The number of nitrogens with one attached hydrogen (secondary N) is 1. The number of hydrogen-bond donors (Lipinski definition) is 2. The van der Waals surface area contributed by atoms with Crippen molar-refractivity contribution in [3.63, 3.8) is 0 Å². The molecule has 3 saturated heterocycles. The van der Waals surface area contributed by atoms with Crippen LogP contribution in [0.4, 0.5) is 14.9 Å². The van der Waals surface area contributed by atoms with Crippen molar-refractivity contribution in [3.05, 3.63) is 119 Å². The molecule has 4 fully saturated rings. The molecule has 1 aliphatic carbocycles. The average molecular weight is 1010 g/mol. The molecule has 5 N–H and O–H groups in total. The summed E-state index contributed by atoms with van der Waals surface area (Å²) in [5, 5.41) is 2.77. The third-order valence-corrected chi connectivity index (χ3v) is 13.7. The first kappa shape index (κ1) is 53.5. The van der Waals surface area contributed by atoms with Crippen molar-refractivity contribution < 1.29 is 70.5 Å². The zero-order valence-electron chi connectivity index (χ0n) is 38.6. The van der Waals surface area contributed by atoms with Crippen molar-refractivity contribution in [2.45, 2.75) is 70.1 Å². The van der Waals surface area contributed by atoms with Gasteiger partial charge in [0.15, 0.2) is 0 Å². The summed E-state index contributed by atoms with van der Waals surface area (Å²) in [6, 6.07) is 26.3. The van der Waals surface area contributed by atoms with Crippen LogP contribution in [0.5, 0.6) is 11.5 Å². The molecular formula is C51H62ClFN6O7Y-2. The molecule has 3 heterocycles. The number of carbonyl (C=O) groups is 4. The van der Waals surface area contributed by atoms with Crippen LogP contribution >= 0.6 is 11.6 Å². The predicted molar refractivity (Wildman–Crippen MR) is 254 cm³/mol. The average Bonchev–Trinajstić information content (AvgIpc) is 3.33. The van der Waals surface area contributed by atoms with E-state index >= 15 is 4.39 Å². The maximum Gasteiger partial charge on any atom is 0.328 e. The molecule has 1 unspecified atom stereocenters. The molecule has 13 nitrogen and oxygen atoms in total. The van der Waals surface area contributed by atoms with Gasteiger partial charge in [-0.1, -0.05) is 91.0 Å². The number of ether oxygens (including phenoxy) is 3. The normalized spacial score (nSPS) is 17.5. The van der Waals surface area contributed by atoms with Crippen LogP contribution in [0.15, 0.2) is 78.9 Å². The first-order chi connectivity index (χ1) is 31.5. The molecule has 16 heteroatoms. The minimum absolute atomic E-state index is 0. The van der Waals surface area contributed by atoms with E-state index in [1.807, 2.05) is 47.4 Å². The number of imide groups is 1. The number of piperidine rings is 2. The van der Waals surface area contributed by atoms with Gasteiger partial charge in [-0.25, -0.2) is 4.79 Å². The molecule has 1 radical (unpaired) electrons. The molecule has 4 aliphatic rings. The van der Waals surface area contributed by atoms with Crippen molar-refractivity contribution in [3.8, 4) is 22.6 Å². The van der Waals surface area contributed by atoms with E-state index in [0.717, 1.165) is 62.7 Å². The molecule has 1 spiro atoms. The molecule has 4 aromatic carbocycles. The summed E-state index contributed by atoms with van der Waals surface area (Å²) in [5.41, 5.74) is 9.97. The minimum Gasteiger partial charge on any atom is -0.693 e. The van der Waals surface area contributed by atoms with Gasteiger partial charge in [0, 0.05) is 108 Å². The molecule has 0 aromatic heterocycles. The molecule has 5 amide bonds. The predicted octanol–water partition coefficient (Wildman–Crippen LogP) is 9.34. The van der Waals surface area contributed by atoms with Gasteiger partial charge in [-0.05, 0) is 73.3 Å². The van der Waals surface area contributed by atoms with Crippen LogP contribution in [0, 0.1) is 23.2 Å². The standard InChI is InChI=1S/C28H38N4O5.C23H22ClFNO2.H2N.Y/c1-37-23-9-8-21(18-22(23)32-15-10-24(33)29-27(32)36)26(35)31-14-5-11-28(19-31)12-16-30(17-13-28)25(34)20-6-3-2-4-7-20;1-27-12-13-28-22-9-5-8-18(23(22)25)19-14-17(10-11-21(19)24)20(15-26)16-6-3-2-4-7-16;;/h8-9,18,20H,2-7,10-17,19H2,1H3,(H,29,33,36);2-7,9-11,14,20H,12-13,15,26H2,1H3;1H2;/q;2*-1;. The molecule has 8 rings (SSSR count). The number of nitrogens with two attached hydrogens (primary N) is 2. The molecule has 4 aromatic rings. The number of urea groups is 1. The van der Waals surface area contributed by atoms with E-state index < -0.39 is 11.8 Å². The molecule has 67 heavy (non-hydrogen) atoms. The number of amides is 5. The van der Waals surface area contributed by atoms with Crippen molar-refractivity contribution in [2.24, 2.45) is 17.1 Å². The van der Waals surface area contributed by atoms with Gasteiger partial charge in [-0.2, -0.15) is 0 Å². The Labute approximate surface area is 424 Å². The second kappa shape index (κ2) is 25.3. The number of carbonyl (C=O) groups excluding carboxylic acids is 4. The first-order valence-electron chi connectivity index (χ1n) is 22.8. The Morgan fingerprint density at radius 3 is 2.31 bits per heavy atom. The fourth-order valence-corrected chi connectivity index (χ4v) is 9.93. The van der Waals surface area contributed by atoms with E-state index in [0.29, 0.717) is 59.7 Å². The molecule has 1 saturated carbocycles. The summed E-state index contributed by atoms with van der Waals surface area (Å²) in [6.45, 7) is 4.26. The van der Waals surface area contributed by atoms with Gasteiger partial charge >= 0.3 is 6.03 Å². The van der Waals surface area contributed by atoms with Crippen molar-refractivity contribution in [1.29, 1.82) is 0 Å². The molecule has 1 atom stereocenters. The summed E-state index contributed by atoms with van der Waals surface area (Å²) >= 11 is 6.40. The smallest absolute Gasteiger partial charge is 0.328 e. The van der Waals surface area contributed by atoms with Crippen LogP contribution in [0.1, 0.15) is 91.6 Å². The van der Waals surface area contributed by atoms with Gasteiger partial charge < -0.3 is 35.9 Å². The molecular weight excluding hydrogens is 952 g/mol. The number of halogens is 2. The molecule has 0 bridgehead atoms. The van der Waals surface area contributed by atoms with Gasteiger partial charge in [0.05, 0.1) is 31.0 Å². The summed E-state index contributed by atoms with van der Waals surface area (Å²) < 4.78 is 30.9. The van der Waals surface area contributed by atoms with Crippen molar-refractivity contribution >= 4 is 41.0 Å². The number of rotatable bonds is 12. The second-order valence-electron chi connectivity index (χ2n) is 17.4. The van der Waals surface area contributed by atoms with E-state index in [-0.39, 0.29) is 98.8 Å². The van der Waals surface area contributed by atoms with Gasteiger partial charge in [-0.15, -0.1) is 17.7 Å². The summed E-state index contributed by atoms with van der Waals surface area (Å²) in [4.78, 5) is 56.2. The maximum atomic E-state index is 15.0. The van der Waals surface area contributed by atoms with Crippen LogP contribution in [0.3, 0.4) is 0 Å². The van der Waals surface area contributed by atoms with E-state index in [2.05, 4.69) is 16.3 Å². The van der Waals surface area contributed by atoms with Crippen LogP contribution in [0.2, 0.25) is 5.02 Å². The zero-order valence-corrected chi connectivity index (χ0v) is 42.2. The Morgan fingerprint density at radius 2 is 1.63 bits per heavy atom. The number of anilines is 1. The van der Waals surface area contributed by atoms with Crippen LogP contribution in [0.25, 0.3) is 17.3 Å². The van der Waals surface area contributed by atoms with E-state index in [4.69, 9.17) is 31.5 Å². The maximum absolute atomic E-state index is 15.0. The minimum atomic E-state index is -0.509. The van der Waals surface area contributed by atoms with Crippen molar-refractivity contribution in [2.75, 3.05) is 71.6 Å². The Hall–Kier alpha value is -4.44. The van der Waals surface area contributed by atoms with Gasteiger partial charge in [0.1, 0.15) is 12.4 Å². The first-order valence-corrected chi connectivity index (χ1v) is 23.2. The zero-order chi connectivity index (χ0) is 45.9. The monoisotopic (exact) mass is 1010 g/mol. The quantitative estimate of drug-likeness (QED) is 0.104. The summed E-state index contributed by atoms with van der Waals surface area (Å²) in [5.74, 6) is 0.291. The van der Waals surface area contributed by atoms with Crippen molar-refractivity contribution in [1.82, 2.24) is 15.1 Å². The SMILES string of the molecule is COCCOc1cc[c-]c(-c2cc(C(CN)c3ccccc3)ccc2Cl)c1F.COc1ccc(C(=O)N2CCCC3(CCN(C(=O)C4CCCCC4)CC3)C2)cc1N1CCC(=O)NC1=O.[NH2-].[Y]. The van der Waals surface area contributed by atoms with Gasteiger partial charge in [-0.3, -0.25) is 29.0 Å². The number of hydrogen-bond acceptors (Lipinski definition) is 8. The number of benzene rings is 4. The van der Waals surface area contributed by atoms with Gasteiger partial charge in [0.2, 0.25) is 11.8 Å². The van der Waals surface area contributed by atoms with E-state index in [1.165, 1.54) is 31.3 Å². The second-order valence-corrected chi connectivity index (χ2v) is 17.8. The van der Waals surface area contributed by atoms with Crippen LogP contribution in [-0.4, -0.2) is 100 Å². The Balaban J connectivity index is 0.000000253. The number of nitrogens with zero attached hydrogens (tertiary/aromatic N) is 3. The largest absolute Gasteiger partial charge is 0.693 e. The van der Waals surface area contributed by atoms with E-state index in [9.17, 15) is 19.2 Å².